The Morgan fingerprint density at radius 1 is 1.15 bits per heavy atom. The number of aromatic nitrogens is 1. The van der Waals surface area contributed by atoms with Crippen LogP contribution in [0.15, 0.2) is 35.4 Å². The molecule has 3 heterocycles. The number of fused-ring (bicyclic) bond motifs is 1. The topological polar surface area (TPSA) is 96.0 Å². The van der Waals surface area contributed by atoms with Gasteiger partial charge in [-0.1, -0.05) is 0 Å². The van der Waals surface area contributed by atoms with Crippen LogP contribution >= 0.6 is 11.3 Å². The first-order valence-electron chi connectivity index (χ1n) is 7.70. The molecule has 2 aliphatic heterocycles. The Morgan fingerprint density at radius 3 is 2.65 bits per heavy atom. The third kappa shape index (κ3) is 3.08. The number of thiazole rings is 1. The maximum absolute atomic E-state index is 11.9. The van der Waals surface area contributed by atoms with Gasteiger partial charge in [0.05, 0.1) is 5.69 Å². The summed E-state index contributed by atoms with van der Waals surface area (Å²) in [5.41, 5.74) is 1.37. The van der Waals surface area contributed by atoms with Gasteiger partial charge in [0.15, 0.2) is 22.2 Å². The van der Waals surface area contributed by atoms with Gasteiger partial charge in [0, 0.05) is 31.0 Å². The highest BCUT2D eigenvalue weighted by atomic mass is 32.1. The average molecular weight is 374 g/mol. The van der Waals surface area contributed by atoms with Gasteiger partial charge in [-0.05, 0) is 18.2 Å². The molecule has 1 fully saturated rings. The lowest BCUT2D eigenvalue weighted by Gasteiger charge is -2.29. The molecule has 134 valence electrons. The third-order valence-electron chi connectivity index (χ3n) is 3.63. The molecule has 0 spiro atoms. The van der Waals surface area contributed by atoms with E-state index in [-0.39, 0.29) is 12.4 Å². The first-order valence-corrected chi connectivity index (χ1v) is 8.58. The molecular weight excluding hydrogens is 360 g/mol. The van der Waals surface area contributed by atoms with Gasteiger partial charge in [-0.15, -0.1) is 11.3 Å². The molecule has 1 aromatic heterocycles. The van der Waals surface area contributed by atoms with Crippen molar-refractivity contribution in [3.63, 3.8) is 0 Å². The fourth-order valence-corrected chi connectivity index (χ4v) is 3.13. The number of rotatable bonds is 3. The second-order valence-corrected chi connectivity index (χ2v) is 6.85. The number of ether oxygens (including phenoxy) is 4. The van der Waals surface area contributed by atoms with E-state index in [0.717, 1.165) is 11.3 Å². The summed E-state index contributed by atoms with van der Waals surface area (Å²) in [4.78, 5) is 28.2. The van der Waals surface area contributed by atoms with E-state index in [4.69, 9.17) is 18.9 Å². The van der Waals surface area contributed by atoms with E-state index in [9.17, 15) is 9.59 Å². The van der Waals surface area contributed by atoms with Crippen molar-refractivity contribution in [2.24, 2.45) is 0 Å². The van der Waals surface area contributed by atoms with E-state index in [0.29, 0.717) is 16.6 Å². The number of esters is 2. The summed E-state index contributed by atoms with van der Waals surface area (Å²) in [6, 6.07) is 5.54. The minimum absolute atomic E-state index is 0.208. The van der Waals surface area contributed by atoms with Gasteiger partial charge in [-0.3, -0.25) is 0 Å². The highest BCUT2D eigenvalue weighted by Gasteiger charge is 2.39. The molecule has 8 nitrogen and oxygen atoms in total. The van der Waals surface area contributed by atoms with Crippen molar-refractivity contribution < 1.29 is 28.5 Å². The van der Waals surface area contributed by atoms with Crippen LogP contribution in [0.1, 0.15) is 13.8 Å². The van der Waals surface area contributed by atoms with Crippen molar-refractivity contribution in [1.29, 1.82) is 0 Å². The molecule has 2 aliphatic rings. The van der Waals surface area contributed by atoms with Gasteiger partial charge < -0.3 is 24.3 Å². The minimum atomic E-state index is -1.26. The van der Waals surface area contributed by atoms with E-state index in [1.54, 1.807) is 0 Å². The van der Waals surface area contributed by atoms with Crippen molar-refractivity contribution >= 4 is 28.4 Å². The summed E-state index contributed by atoms with van der Waals surface area (Å²) in [5.74, 6) is -1.39. The molecule has 0 unspecified atom stereocenters. The van der Waals surface area contributed by atoms with Gasteiger partial charge in [-0.25, -0.2) is 14.6 Å². The molecule has 26 heavy (non-hydrogen) atoms. The number of nitrogens with one attached hydrogen (secondary N) is 1. The summed E-state index contributed by atoms with van der Waals surface area (Å²) in [6.45, 7) is 3.19. The molecule has 0 saturated carbocycles. The molecule has 4 rings (SSSR count). The number of nitrogens with zero attached hydrogens (tertiary/aromatic N) is 1. The zero-order chi connectivity index (χ0) is 18.3. The number of hydrogen-bond donors (Lipinski definition) is 1. The molecule has 1 saturated heterocycles. The van der Waals surface area contributed by atoms with Crippen LogP contribution in [0.25, 0.3) is 11.3 Å². The molecule has 1 aromatic carbocycles. The monoisotopic (exact) mass is 374 g/mol. The van der Waals surface area contributed by atoms with Gasteiger partial charge in [-0.2, -0.15) is 0 Å². The van der Waals surface area contributed by atoms with E-state index >= 15 is 0 Å². The first kappa shape index (κ1) is 16.4. The Bertz CT molecular complexity index is 911. The zero-order valence-electron chi connectivity index (χ0n) is 13.9. The van der Waals surface area contributed by atoms with Crippen molar-refractivity contribution in [3.8, 4) is 22.8 Å². The number of cyclic esters (lactones) is 2. The van der Waals surface area contributed by atoms with E-state index in [1.165, 1.54) is 31.4 Å². The van der Waals surface area contributed by atoms with E-state index in [2.05, 4.69) is 10.3 Å². The molecular formula is C17H14N2O6S. The first-order chi connectivity index (χ1) is 12.4. The summed E-state index contributed by atoms with van der Waals surface area (Å²) < 4.78 is 20.7. The normalized spacial score (nSPS) is 17.5. The quantitative estimate of drug-likeness (QED) is 0.498. The highest BCUT2D eigenvalue weighted by molar-refractivity contribution is 7.14. The maximum atomic E-state index is 11.9. The molecule has 0 atom stereocenters. The molecule has 2 aromatic rings. The van der Waals surface area contributed by atoms with Gasteiger partial charge in [0.2, 0.25) is 6.79 Å². The predicted molar refractivity (Wildman–Crippen MR) is 91.6 cm³/mol. The van der Waals surface area contributed by atoms with E-state index < -0.39 is 17.7 Å². The van der Waals surface area contributed by atoms with Crippen molar-refractivity contribution in [2.45, 2.75) is 19.6 Å². The van der Waals surface area contributed by atoms with Crippen LogP contribution in [-0.4, -0.2) is 29.5 Å². The Labute approximate surface area is 152 Å². The second kappa shape index (κ2) is 6.03. The second-order valence-electron chi connectivity index (χ2n) is 5.99. The van der Waals surface area contributed by atoms with Crippen molar-refractivity contribution in [1.82, 2.24) is 4.98 Å². The lowest BCUT2D eigenvalue weighted by atomic mass is 10.1. The van der Waals surface area contributed by atoms with Gasteiger partial charge in [0.25, 0.3) is 5.79 Å². The fraction of sp³-hybridized carbons (Fsp3) is 0.235. The van der Waals surface area contributed by atoms with Crippen LogP contribution in [-0.2, 0) is 19.1 Å². The summed E-state index contributed by atoms with van der Waals surface area (Å²) >= 11 is 1.33. The largest absolute Gasteiger partial charge is 0.454 e. The molecule has 0 bridgehead atoms. The number of anilines is 1. The van der Waals surface area contributed by atoms with Crippen LogP contribution in [0.5, 0.6) is 11.5 Å². The van der Waals surface area contributed by atoms with Crippen LogP contribution in [0.4, 0.5) is 5.13 Å². The summed E-state index contributed by atoms with van der Waals surface area (Å²) in [7, 11) is 0. The van der Waals surface area contributed by atoms with Crippen molar-refractivity contribution in [3.05, 3.63) is 35.4 Å². The molecule has 0 radical (unpaired) electrons. The smallest absolute Gasteiger partial charge is 0.350 e. The molecule has 1 N–H and O–H groups in total. The molecule has 9 heteroatoms. The minimum Gasteiger partial charge on any atom is -0.454 e. The van der Waals surface area contributed by atoms with Crippen LogP contribution in [0.3, 0.4) is 0 Å². The summed E-state index contributed by atoms with van der Waals surface area (Å²) in [5, 5.41) is 5.19. The average Bonchev–Trinajstić information content (AvgIpc) is 3.21. The van der Waals surface area contributed by atoms with Crippen molar-refractivity contribution in [2.75, 3.05) is 12.1 Å². The van der Waals surface area contributed by atoms with Gasteiger partial charge >= 0.3 is 11.9 Å². The van der Waals surface area contributed by atoms with E-state index in [1.807, 2.05) is 23.6 Å². The Hall–Kier alpha value is -3.07. The van der Waals surface area contributed by atoms with Crippen LogP contribution in [0, 0.1) is 0 Å². The number of carbonyl (C=O) groups excluding carboxylic acids is 2. The lowest BCUT2D eigenvalue weighted by Crippen LogP contribution is -2.42. The van der Waals surface area contributed by atoms with Gasteiger partial charge in [0.1, 0.15) is 0 Å². The Morgan fingerprint density at radius 2 is 1.88 bits per heavy atom. The number of hydrogen-bond acceptors (Lipinski definition) is 9. The third-order valence-corrected chi connectivity index (χ3v) is 4.40. The fourth-order valence-electron chi connectivity index (χ4n) is 2.44. The molecule has 0 aliphatic carbocycles. The maximum Gasteiger partial charge on any atom is 0.350 e. The zero-order valence-corrected chi connectivity index (χ0v) is 14.7. The Kier molecular flexibility index (Phi) is 3.80. The van der Waals surface area contributed by atoms with Crippen LogP contribution < -0.4 is 14.8 Å². The van der Waals surface area contributed by atoms with Crippen LogP contribution in [0.2, 0.25) is 0 Å². The number of carbonyl (C=O) groups is 2. The standard InChI is InChI=1S/C17H14N2O6S/c1-17(2)24-14(20)10(15(21)25-17)6-18-16-19-11(7-26-16)9-3-4-12-13(5-9)23-8-22-12/h3-7H,8H2,1-2H3,(H,18,19). The predicted octanol–water partition coefficient (Wildman–Crippen LogP) is 2.67. The summed E-state index contributed by atoms with van der Waals surface area (Å²) in [6.07, 6.45) is 1.24. The SMILES string of the molecule is CC1(C)OC(=O)C(=CNc2nc(-c3ccc4c(c3)OCO4)cs2)C(=O)O1. The number of benzene rings is 1. The highest BCUT2D eigenvalue weighted by Crippen LogP contribution is 2.36. The Balaban J connectivity index is 1.51. The lowest BCUT2D eigenvalue weighted by molar-refractivity contribution is -0.222. The molecule has 0 amide bonds.